The molecule has 0 atom stereocenters. The Kier molecular flexibility index (Phi) is 3.94. The Morgan fingerprint density at radius 1 is 1.43 bits per heavy atom. The van der Waals surface area contributed by atoms with Gasteiger partial charge in [0.15, 0.2) is 0 Å². The van der Waals surface area contributed by atoms with Crippen molar-refractivity contribution in [2.75, 3.05) is 11.9 Å². The number of nitrogens with one attached hydrogen (secondary N) is 1. The highest BCUT2D eigenvalue weighted by molar-refractivity contribution is 14.1. The fourth-order valence-corrected chi connectivity index (χ4v) is 1.21. The molecule has 0 spiro atoms. The lowest BCUT2D eigenvalue weighted by atomic mass is 10.3. The molecule has 0 aromatic heterocycles. The third kappa shape index (κ3) is 3.37. The second-order valence-corrected chi connectivity index (χ2v) is 4.01. The summed E-state index contributed by atoms with van der Waals surface area (Å²) in [6, 6.07) is 7.70. The van der Waals surface area contributed by atoms with E-state index in [4.69, 9.17) is 5.11 Å². The average Bonchev–Trinajstić information content (AvgIpc) is 2.16. The molecule has 0 aliphatic rings. The van der Waals surface area contributed by atoms with Crippen LogP contribution >= 0.6 is 22.6 Å². The summed E-state index contributed by atoms with van der Waals surface area (Å²) in [5, 5.41) is 11.5. The van der Waals surface area contributed by atoms with Crippen molar-refractivity contribution in [2.45, 2.75) is 0 Å². The zero-order valence-corrected chi connectivity index (χ0v) is 9.61. The quantitative estimate of drug-likeness (QED) is 0.663. The molecular weight excluding hydrogens is 293 g/mol. The van der Waals surface area contributed by atoms with Crippen LogP contribution < -0.4 is 5.32 Å². The lowest BCUT2D eigenvalue weighted by Gasteiger charge is -2.05. The first-order valence-corrected chi connectivity index (χ1v) is 5.08. The molecule has 0 heterocycles. The fraction of sp³-hybridized carbons (Fsp3) is 0.100. The molecular formula is C10H10INO2. The van der Waals surface area contributed by atoms with E-state index in [9.17, 15) is 4.79 Å². The van der Waals surface area contributed by atoms with Crippen LogP contribution in [-0.2, 0) is 4.79 Å². The second-order valence-electron chi connectivity index (χ2n) is 2.77. The Morgan fingerprint density at radius 3 is 2.50 bits per heavy atom. The first kappa shape index (κ1) is 11.0. The number of hydrogen-bond acceptors (Lipinski definition) is 2. The summed E-state index contributed by atoms with van der Waals surface area (Å²) < 4.78 is 1.14. The smallest absolute Gasteiger partial charge is 0.332 e. The standard InChI is InChI=1S/C10H10INO2/c1-7(10(13)14)6-12-9-4-2-8(11)3-5-9/h2-5,12H,1,6H2,(H,13,14). The van der Waals surface area contributed by atoms with Crippen molar-refractivity contribution in [3.8, 4) is 0 Å². The molecule has 74 valence electrons. The Hall–Kier alpha value is -1.04. The van der Waals surface area contributed by atoms with E-state index in [-0.39, 0.29) is 12.1 Å². The minimum Gasteiger partial charge on any atom is -0.478 e. The topological polar surface area (TPSA) is 49.3 Å². The summed E-state index contributed by atoms with van der Waals surface area (Å²) in [5.41, 5.74) is 1.05. The third-order valence-electron chi connectivity index (χ3n) is 1.65. The Balaban J connectivity index is 2.50. The fourth-order valence-electron chi connectivity index (χ4n) is 0.852. The van der Waals surface area contributed by atoms with E-state index < -0.39 is 5.97 Å². The van der Waals surface area contributed by atoms with Crippen LogP contribution in [0.5, 0.6) is 0 Å². The predicted molar refractivity (Wildman–Crippen MR) is 64.4 cm³/mol. The van der Waals surface area contributed by atoms with Crippen molar-refractivity contribution < 1.29 is 9.90 Å². The summed E-state index contributed by atoms with van der Waals surface area (Å²) in [4.78, 5) is 10.4. The maximum Gasteiger partial charge on any atom is 0.332 e. The number of benzene rings is 1. The van der Waals surface area contributed by atoms with Gasteiger partial charge in [0.05, 0.1) is 0 Å². The molecule has 1 rings (SSSR count). The van der Waals surface area contributed by atoms with E-state index in [1.807, 2.05) is 24.3 Å². The van der Waals surface area contributed by atoms with E-state index in [1.165, 1.54) is 0 Å². The van der Waals surface area contributed by atoms with Crippen LogP contribution in [0.25, 0.3) is 0 Å². The lowest BCUT2D eigenvalue weighted by Crippen LogP contribution is -2.10. The third-order valence-corrected chi connectivity index (χ3v) is 2.37. The maximum atomic E-state index is 10.4. The van der Waals surface area contributed by atoms with Gasteiger partial charge in [-0.15, -0.1) is 0 Å². The highest BCUT2D eigenvalue weighted by Gasteiger charge is 2.02. The van der Waals surface area contributed by atoms with Crippen LogP contribution in [0, 0.1) is 3.57 Å². The molecule has 0 saturated heterocycles. The van der Waals surface area contributed by atoms with E-state index in [1.54, 1.807) is 0 Å². The molecule has 0 amide bonds. The second kappa shape index (κ2) is 4.99. The lowest BCUT2D eigenvalue weighted by molar-refractivity contribution is -0.132. The monoisotopic (exact) mass is 303 g/mol. The molecule has 0 saturated carbocycles. The average molecular weight is 303 g/mol. The highest BCUT2D eigenvalue weighted by atomic mass is 127. The largest absolute Gasteiger partial charge is 0.478 e. The van der Waals surface area contributed by atoms with Crippen LogP contribution in [-0.4, -0.2) is 17.6 Å². The highest BCUT2D eigenvalue weighted by Crippen LogP contribution is 2.11. The number of halogens is 1. The van der Waals surface area contributed by atoms with Gasteiger partial charge in [-0.05, 0) is 46.9 Å². The van der Waals surface area contributed by atoms with Gasteiger partial charge in [-0.25, -0.2) is 4.79 Å². The zero-order chi connectivity index (χ0) is 10.6. The molecule has 0 bridgehead atoms. The van der Waals surface area contributed by atoms with Crippen LogP contribution in [0.4, 0.5) is 5.69 Å². The molecule has 0 fully saturated rings. The number of aliphatic carboxylic acids is 1. The van der Waals surface area contributed by atoms with Gasteiger partial charge in [0, 0.05) is 21.4 Å². The van der Waals surface area contributed by atoms with Crippen molar-refractivity contribution in [2.24, 2.45) is 0 Å². The normalized spacial score (nSPS) is 9.50. The number of carbonyl (C=O) groups is 1. The molecule has 4 heteroatoms. The Morgan fingerprint density at radius 2 is 2.00 bits per heavy atom. The summed E-state index contributed by atoms with van der Waals surface area (Å²) in [5.74, 6) is -0.969. The number of carboxylic acid groups (broad SMARTS) is 1. The first-order valence-electron chi connectivity index (χ1n) is 4.00. The van der Waals surface area contributed by atoms with Gasteiger partial charge in [0.2, 0.25) is 0 Å². The minimum atomic E-state index is -0.969. The van der Waals surface area contributed by atoms with Gasteiger partial charge < -0.3 is 10.4 Å². The van der Waals surface area contributed by atoms with Gasteiger partial charge in [-0.3, -0.25) is 0 Å². The van der Waals surface area contributed by atoms with Gasteiger partial charge in [-0.2, -0.15) is 0 Å². The van der Waals surface area contributed by atoms with Gasteiger partial charge in [0.1, 0.15) is 0 Å². The first-order chi connectivity index (χ1) is 6.59. The molecule has 0 aliphatic carbocycles. The van der Waals surface area contributed by atoms with Crippen molar-refractivity contribution in [3.63, 3.8) is 0 Å². The van der Waals surface area contributed by atoms with Gasteiger partial charge in [0.25, 0.3) is 0 Å². The number of hydrogen-bond donors (Lipinski definition) is 2. The SMILES string of the molecule is C=C(CNc1ccc(I)cc1)C(=O)O. The van der Waals surface area contributed by atoms with Gasteiger partial charge in [-0.1, -0.05) is 6.58 Å². The van der Waals surface area contributed by atoms with Crippen molar-refractivity contribution in [3.05, 3.63) is 40.0 Å². The van der Waals surface area contributed by atoms with Crippen molar-refractivity contribution >= 4 is 34.2 Å². The predicted octanol–water partition coefficient (Wildman–Crippen LogP) is 2.34. The molecule has 1 aromatic rings. The van der Waals surface area contributed by atoms with Gasteiger partial charge >= 0.3 is 5.97 Å². The summed E-state index contributed by atoms with van der Waals surface area (Å²) in [6.45, 7) is 3.68. The molecule has 3 nitrogen and oxygen atoms in total. The summed E-state index contributed by atoms with van der Waals surface area (Å²) in [7, 11) is 0. The number of carboxylic acids is 1. The van der Waals surface area contributed by atoms with Crippen LogP contribution in [0.15, 0.2) is 36.4 Å². The Bertz CT molecular complexity index is 346. The van der Waals surface area contributed by atoms with E-state index in [0.29, 0.717) is 0 Å². The van der Waals surface area contributed by atoms with Crippen LogP contribution in [0.2, 0.25) is 0 Å². The number of rotatable bonds is 4. The molecule has 14 heavy (non-hydrogen) atoms. The Labute approximate surface area is 96.0 Å². The molecule has 0 unspecified atom stereocenters. The van der Waals surface area contributed by atoms with E-state index in [0.717, 1.165) is 9.26 Å². The van der Waals surface area contributed by atoms with Crippen LogP contribution in [0.1, 0.15) is 0 Å². The molecule has 0 aliphatic heterocycles. The maximum absolute atomic E-state index is 10.4. The number of anilines is 1. The molecule has 2 N–H and O–H groups in total. The van der Waals surface area contributed by atoms with Crippen molar-refractivity contribution in [1.82, 2.24) is 0 Å². The summed E-state index contributed by atoms with van der Waals surface area (Å²) >= 11 is 2.21. The minimum absolute atomic E-state index is 0.156. The van der Waals surface area contributed by atoms with E-state index in [2.05, 4.69) is 34.5 Å². The molecule has 1 aromatic carbocycles. The van der Waals surface area contributed by atoms with E-state index >= 15 is 0 Å². The van der Waals surface area contributed by atoms with Crippen LogP contribution in [0.3, 0.4) is 0 Å². The summed E-state index contributed by atoms with van der Waals surface area (Å²) in [6.07, 6.45) is 0. The zero-order valence-electron chi connectivity index (χ0n) is 7.46. The molecule has 0 radical (unpaired) electrons. The van der Waals surface area contributed by atoms with Crippen molar-refractivity contribution in [1.29, 1.82) is 0 Å².